The predicted molar refractivity (Wildman–Crippen MR) is 80.0 cm³/mol. The van der Waals surface area contributed by atoms with Gasteiger partial charge in [0.15, 0.2) is 11.5 Å². The minimum atomic E-state index is -3.13. The highest BCUT2D eigenvalue weighted by atomic mass is 32.1. The normalized spacial score (nSPS) is 13.2. The van der Waals surface area contributed by atoms with E-state index in [1.165, 1.54) is 16.7 Å². The van der Waals surface area contributed by atoms with Crippen LogP contribution in [0.25, 0.3) is 10.6 Å². The Hall–Kier alpha value is -2.26. The molecule has 0 radical (unpaired) electrons. The van der Waals surface area contributed by atoms with Crippen LogP contribution in [-0.2, 0) is 0 Å². The molecule has 122 valence electrons. The van der Waals surface area contributed by atoms with Gasteiger partial charge in [0.1, 0.15) is 10.7 Å². The van der Waals surface area contributed by atoms with Gasteiger partial charge in [-0.15, -0.1) is 11.3 Å². The highest BCUT2D eigenvalue weighted by molar-refractivity contribution is 7.13. The first-order valence-electron chi connectivity index (χ1n) is 6.70. The summed E-state index contributed by atoms with van der Waals surface area (Å²) in [6, 6.07) is 5.29. The summed E-state index contributed by atoms with van der Waals surface area (Å²) in [5.74, 6) is -2.55. The van der Waals surface area contributed by atoms with E-state index in [0.29, 0.717) is 16.5 Å². The maximum absolute atomic E-state index is 13.0. The second-order valence-electron chi connectivity index (χ2n) is 4.85. The summed E-state index contributed by atoms with van der Waals surface area (Å²) in [6.07, 6.45) is 0. The van der Waals surface area contributed by atoms with Crippen LogP contribution < -0.4 is 20.5 Å². The molecule has 1 aromatic heterocycles. The summed E-state index contributed by atoms with van der Waals surface area (Å²) in [4.78, 5) is 16.0. The Morgan fingerprint density at radius 3 is 2.96 bits per heavy atom. The number of alkyl halides is 2. The van der Waals surface area contributed by atoms with Crippen molar-refractivity contribution in [2.45, 2.75) is 5.92 Å². The van der Waals surface area contributed by atoms with Crippen LogP contribution in [-0.4, -0.2) is 36.7 Å². The topological polar surface area (TPSA) is 86.5 Å². The molecule has 0 saturated heterocycles. The molecule has 1 aliphatic rings. The maximum atomic E-state index is 13.0. The van der Waals surface area contributed by atoms with E-state index < -0.39 is 24.9 Å². The van der Waals surface area contributed by atoms with Gasteiger partial charge in [0.25, 0.3) is 11.8 Å². The van der Waals surface area contributed by atoms with E-state index in [-0.39, 0.29) is 12.5 Å². The van der Waals surface area contributed by atoms with Crippen LogP contribution in [0.3, 0.4) is 0 Å². The van der Waals surface area contributed by atoms with Crippen molar-refractivity contribution in [2.24, 2.45) is 5.73 Å². The first-order valence-corrected chi connectivity index (χ1v) is 7.58. The van der Waals surface area contributed by atoms with Gasteiger partial charge in [-0.2, -0.15) is 0 Å². The van der Waals surface area contributed by atoms with E-state index in [9.17, 15) is 13.6 Å². The van der Waals surface area contributed by atoms with Gasteiger partial charge >= 0.3 is 0 Å². The first-order chi connectivity index (χ1) is 11.0. The average molecular weight is 341 g/mol. The maximum Gasteiger partial charge on any atom is 0.277 e. The molecule has 0 bridgehead atoms. The molecular weight excluding hydrogens is 328 g/mol. The fraction of sp³-hybridized carbons (Fsp3) is 0.286. The summed E-state index contributed by atoms with van der Waals surface area (Å²) in [6.45, 7) is -1.48. The van der Waals surface area contributed by atoms with Gasteiger partial charge in [-0.3, -0.25) is 4.79 Å². The smallest absolute Gasteiger partial charge is 0.277 e. The van der Waals surface area contributed by atoms with Crippen molar-refractivity contribution in [1.82, 2.24) is 10.3 Å². The number of carbonyl (C=O) groups is 1. The number of nitrogens with zero attached hydrogens (tertiary/aromatic N) is 1. The lowest BCUT2D eigenvalue weighted by Crippen LogP contribution is -2.41. The van der Waals surface area contributed by atoms with Crippen LogP contribution in [0.1, 0.15) is 10.5 Å². The Balaban J connectivity index is 1.72. The number of fused-ring (bicyclic) bond motifs is 1. The summed E-state index contributed by atoms with van der Waals surface area (Å²) in [5.41, 5.74) is 5.75. The third-order valence-corrected chi connectivity index (χ3v) is 4.05. The number of nitrogens with two attached hydrogens (primary N) is 1. The fourth-order valence-corrected chi connectivity index (χ4v) is 2.71. The van der Waals surface area contributed by atoms with Crippen molar-refractivity contribution >= 4 is 17.2 Å². The second-order valence-corrected chi connectivity index (χ2v) is 5.71. The lowest BCUT2D eigenvalue weighted by Gasteiger charge is -2.13. The monoisotopic (exact) mass is 341 g/mol. The Labute approximate surface area is 134 Å². The lowest BCUT2D eigenvalue weighted by molar-refractivity contribution is 0.0118. The molecule has 3 rings (SSSR count). The molecule has 9 heteroatoms. The van der Waals surface area contributed by atoms with E-state index in [1.807, 2.05) is 0 Å². The molecule has 2 aromatic rings. The van der Waals surface area contributed by atoms with Crippen molar-refractivity contribution < 1.29 is 23.0 Å². The Bertz CT molecular complexity index is 736. The van der Waals surface area contributed by atoms with Gasteiger partial charge in [-0.25, -0.2) is 13.8 Å². The number of halogens is 2. The van der Waals surface area contributed by atoms with E-state index in [4.69, 9.17) is 15.2 Å². The van der Waals surface area contributed by atoms with Crippen molar-refractivity contribution in [3.63, 3.8) is 0 Å². The zero-order valence-electron chi connectivity index (χ0n) is 11.8. The fourth-order valence-electron chi connectivity index (χ4n) is 1.91. The minimum absolute atomic E-state index is 0.0792. The quantitative estimate of drug-likeness (QED) is 0.867. The van der Waals surface area contributed by atoms with Crippen LogP contribution >= 0.6 is 11.3 Å². The molecule has 0 spiro atoms. The van der Waals surface area contributed by atoms with Crippen molar-refractivity contribution in [3.8, 4) is 22.1 Å². The molecule has 0 saturated carbocycles. The molecule has 0 unspecified atom stereocenters. The molecule has 6 nitrogen and oxygen atoms in total. The van der Waals surface area contributed by atoms with Gasteiger partial charge < -0.3 is 20.5 Å². The SMILES string of the molecule is NCC(F)(F)CNC(=O)c1csc(-c2ccc3c(c2)OCO3)n1. The van der Waals surface area contributed by atoms with Gasteiger partial charge in [0, 0.05) is 10.9 Å². The molecule has 1 amide bonds. The van der Waals surface area contributed by atoms with Gasteiger partial charge in [0.05, 0.1) is 13.1 Å². The summed E-state index contributed by atoms with van der Waals surface area (Å²) >= 11 is 1.24. The average Bonchev–Trinajstić information content (AvgIpc) is 3.20. The van der Waals surface area contributed by atoms with E-state index in [0.717, 1.165) is 5.56 Å². The number of ether oxygens (including phenoxy) is 2. The van der Waals surface area contributed by atoms with Crippen LogP contribution in [0.5, 0.6) is 11.5 Å². The zero-order chi connectivity index (χ0) is 16.4. The molecule has 2 heterocycles. The first kappa shape index (κ1) is 15.6. The molecule has 0 fully saturated rings. The van der Waals surface area contributed by atoms with E-state index in [2.05, 4.69) is 10.3 Å². The van der Waals surface area contributed by atoms with Crippen molar-refractivity contribution in [1.29, 1.82) is 0 Å². The summed E-state index contributed by atoms with van der Waals surface area (Å²) in [5, 5.41) is 4.22. The number of hydrogen-bond acceptors (Lipinski definition) is 6. The molecule has 0 atom stereocenters. The Kier molecular flexibility index (Phi) is 4.14. The largest absolute Gasteiger partial charge is 0.454 e. The Morgan fingerprint density at radius 1 is 1.39 bits per heavy atom. The third-order valence-electron chi connectivity index (χ3n) is 3.16. The summed E-state index contributed by atoms with van der Waals surface area (Å²) in [7, 11) is 0. The number of aromatic nitrogens is 1. The predicted octanol–water partition coefficient (Wildman–Crippen LogP) is 1.86. The number of thiazole rings is 1. The standard InChI is InChI=1S/C14H13F2N3O3S/c15-14(16,5-17)6-18-12(20)9-4-23-13(19-9)8-1-2-10-11(3-8)22-7-21-10/h1-4H,5-7,17H2,(H,18,20). The number of carbonyl (C=O) groups excluding carboxylic acids is 1. The van der Waals surface area contributed by atoms with Crippen LogP contribution in [0.4, 0.5) is 8.78 Å². The highest BCUT2D eigenvalue weighted by Crippen LogP contribution is 2.36. The van der Waals surface area contributed by atoms with E-state index >= 15 is 0 Å². The molecule has 1 aliphatic heterocycles. The lowest BCUT2D eigenvalue weighted by atomic mass is 10.2. The van der Waals surface area contributed by atoms with Crippen LogP contribution in [0.2, 0.25) is 0 Å². The summed E-state index contributed by atoms with van der Waals surface area (Å²) < 4.78 is 36.6. The molecule has 1 aromatic carbocycles. The van der Waals surface area contributed by atoms with E-state index in [1.54, 1.807) is 18.2 Å². The number of amides is 1. The molecule has 3 N–H and O–H groups in total. The number of hydrogen-bond donors (Lipinski definition) is 2. The second kappa shape index (κ2) is 6.09. The number of benzene rings is 1. The van der Waals surface area contributed by atoms with Gasteiger partial charge in [0.2, 0.25) is 6.79 Å². The van der Waals surface area contributed by atoms with Gasteiger partial charge in [-0.05, 0) is 18.2 Å². The third kappa shape index (κ3) is 3.40. The van der Waals surface area contributed by atoms with Crippen molar-refractivity contribution in [2.75, 3.05) is 19.9 Å². The molecular formula is C14H13F2N3O3S. The van der Waals surface area contributed by atoms with Gasteiger partial charge in [-0.1, -0.05) is 0 Å². The Morgan fingerprint density at radius 2 is 2.17 bits per heavy atom. The number of nitrogens with one attached hydrogen (secondary N) is 1. The zero-order valence-corrected chi connectivity index (χ0v) is 12.7. The molecule has 23 heavy (non-hydrogen) atoms. The van der Waals surface area contributed by atoms with Crippen molar-refractivity contribution in [3.05, 3.63) is 29.3 Å². The minimum Gasteiger partial charge on any atom is -0.454 e. The van der Waals surface area contributed by atoms with Crippen LogP contribution in [0.15, 0.2) is 23.6 Å². The van der Waals surface area contributed by atoms with Crippen LogP contribution in [0, 0.1) is 0 Å². The molecule has 0 aliphatic carbocycles. The number of rotatable bonds is 5. The highest BCUT2D eigenvalue weighted by Gasteiger charge is 2.27.